The maximum absolute atomic E-state index is 13.7. The lowest BCUT2D eigenvalue weighted by Gasteiger charge is -2.35. The van der Waals surface area contributed by atoms with Crippen molar-refractivity contribution in [3.8, 4) is 17.3 Å². The summed E-state index contributed by atoms with van der Waals surface area (Å²) in [6, 6.07) is 12.8. The summed E-state index contributed by atoms with van der Waals surface area (Å²) in [5.74, 6) is 3.18. The number of benzene rings is 2. The fraction of sp³-hybridized carbons (Fsp3) is 0.500. The standard InChI is InChI=1S/C34H40N6O3/c1-38-32-25(13-23(15-28(32)43-2)34(42)40-17-21-8-9-26(40)30(21)36)37-33(38)27-14-20-4-3-5-24(22-10-19(11-22)12-29(35)41)31(20)39(27)16-18-6-7-18/h3-5,13-15,18-19,21-22,26,30H,6-12,16-17,36H2,1-2H3,(H2,35,41)/t19?,21-,22?,26-,30-/m1/s1. The van der Waals surface area contributed by atoms with Crippen molar-refractivity contribution in [3.63, 3.8) is 0 Å². The Morgan fingerprint density at radius 2 is 1.86 bits per heavy atom. The molecule has 224 valence electrons. The number of nitrogens with two attached hydrogens (primary N) is 2. The van der Waals surface area contributed by atoms with E-state index in [-0.39, 0.29) is 23.9 Å². The molecule has 2 amide bonds. The molecule has 43 heavy (non-hydrogen) atoms. The number of hydrogen-bond donors (Lipinski definition) is 2. The van der Waals surface area contributed by atoms with Crippen molar-refractivity contribution < 1.29 is 14.3 Å². The van der Waals surface area contributed by atoms with E-state index in [1.165, 1.54) is 29.3 Å². The number of piperidine rings is 1. The number of methoxy groups -OCH3 is 1. The lowest BCUT2D eigenvalue weighted by atomic mass is 9.69. The van der Waals surface area contributed by atoms with E-state index in [4.69, 9.17) is 21.2 Å². The molecule has 2 bridgehead atoms. The molecule has 0 radical (unpaired) electrons. The van der Waals surface area contributed by atoms with E-state index in [0.29, 0.717) is 41.4 Å². The number of rotatable bonds is 8. The van der Waals surface area contributed by atoms with Crippen LogP contribution in [0.3, 0.4) is 0 Å². The molecule has 3 saturated carbocycles. The fourth-order valence-electron chi connectivity index (χ4n) is 8.32. The first-order valence-corrected chi connectivity index (χ1v) is 15.8. The monoisotopic (exact) mass is 580 g/mol. The Morgan fingerprint density at radius 3 is 2.53 bits per heavy atom. The highest BCUT2D eigenvalue weighted by Crippen LogP contribution is 2.47. The molecule has 4 fully saturated rings. The molecule has 9 nitrogen and oxygen atoms in total. The van der Waals surface area contributed by atoms with Gasteiger partial charge in [-0.05, 0) is 86.0 Å². The molecule has 4 N–H and O–H groups in total. The van der Waals surface area contributed by atoms with E-state index >= 15 is 0 Å². The van der Waals surface area contributed by atoms with Crippen molar-refractivity contribution in [2.75, 3.05) is 13.7 Å². The summed E-state index contributed by atoms with van der Waals surface area (Å²) in [5, 5.41) is 1.21. The van der Waals surface area contributed by atoms with Crippen LogP contribution in [0.4, 0.5) is 0 Å². The van der Waals surface area contributed by atoms with Gasteiger partial charge in [0.25, 0.3) is 5.91 Å². The third kappa shape index (κ3) is 4.26. The van der Waals surface area contributed by atoms with Gasteiger partial charge in [-0.2, -0.15) is 0 Å². The minimum Gasteiger partial charge on any atom is -0.494 e. The second-order valence-corrected chi connectivity index (χ2v) is 13.6. The molecule has 2 aromatic carbocycles. The molecule has 8 rings (SSSR count). The van der Waals surface area contributed by atoms with Crippen molar-refractivity contribution in [1.29, 1.82) is 0 Å². The predicted molar refractivity (Wildman–Crippen MR) is 166 cm³/mol. The molecule has 3 heterocycles. The first-order valence-electron chi connectivity index (χ1n) is 15.8. The molecule has 9 heteroatoms. The Bertz CT molecular complexity index is 1780. The number of aryl methyl sites for hydroxylation is 1. The summed E-state index contributed by atoms with van der Waals surface area (Å²) in [5.41, 5.74) is 17.9. The van der Waals surface area contributed by atoms with Crippen LogP contribution in [0.25, 0.3) is 33.5 Å². The summed E-state index contributed by atoms with van der Waals surface area (Å²) in [6.45, 7) is 1.68. The molecular formula is C34H40N6O3. The number of hydrogen-bond acceptors (Lipinski definition) is 5. The molecule has 1 saturated heterocycles. The number of carbonyl (C=O) groups excluding carboxylic acids is 2. The number of amides is 2. The number of fused-ring (bicyclic) bond motifs is 4. The Morgan fingerprint density at radius 1 is 1.05 bits per heavy atom. The van der Waals surface area contributed by atoms with E-state index < -0.39 is 0 Å². The van der Waals surface area contributed by atoms with Crippen LogP contribution < -0.4 is 16.2 Å². The van der Waals surface area contributed by atoms with Crippen LogP contribution in [0.2, 0.25) is 0 Å². The minimum absolute atomic E-state index is 0.0117. The maximum Gasteiger partial charge on any atom is 0.254 e. The smallest absolute Gasteiger partial charge is 0.254 e. The van der Waals surface area contributed by atoms with Crippen molar-refractivity contribution in [2.45, 2.75) is 69.5 Å². The van der Waals surface area contributed by atoms with Crippen molar-refractivity contribution in [2.24, 2.45) is 36.3 Å². The SMILES string of the molecule is COc1cc(C(=O)N2C[C@H]3CC[C@@H]2[C@@H]3N)cc2nc(-c3cc4cccc(C5CC(CC(N)=O)C5)c4n3CC3CC3)n(C)c12. The fourth-order valence-corrected chi connectivity index (χ4v) is 8.32. The van der Waals surface area contributed by atoms with Gasteiger partial charge >= 0.3 is 0 Å². The number of para-hydroxylation sites is 1. The number of ether oxygens (including phenoxy) is 1. The molecule has 2 aromatic heterocycles. The number of primary amides is 1. The van der Waals surface area contributed by atoms with Crippen LogP contribution in [0.5, 0.6) is 5.75 Å². The number of imidazole rings is 1. The first kappa shape index (κ1) is 26.8. The number of aromatic nitrogens is 3. The highest BCUT2D eigenvalue weighted by molar-refractivity contribution is 6.00. The molecule has 4 aromatic rings. The van der Waals surface area contributed by atoms with Gasteiger partial charge in [-0.25, -0.2) is 4.98 Å². The third-order valence-electron chi connectivity index (χ3n) is 10.8. The van der Waals surface area contributed by atoms with Crippen LogP contribution >= 0.6 is 0 Å². The highest BCUT2D eigenvalue weighted by atomic mass is 16.5. The molecule has 0 spiro atoms. The van der Waals surface area contributed by atoms with E-state index in [2.05, 4.69) is 33.4 Å². The predicted octanol–water partition coefficient (Wildman–Crippen LogP) is 4.54. The van der Waals surface area contributed by atoms with Gasteiger partial charge in [0.2, 0.25) is 5.91 Å². The largest absolute Gasteiger partial charge is 0.494 e. The minimum atomic E-state index is -0.209. The van der Waals surface area contributed by atoms with Gasteiger partial charge in [-0.1, -0.05) is 18.2 Å². The Labute approximate surface area is 251 Å². The Balaban J connectivity index is 1.21. The molecule has 3 atom stereocenters. The van der Waals surface area contributed by atoms with E-state index in [0.717, 1.165) is 61.3 Å². The average Bonchev–Trinajstić information content (AvgIpc) is 3.36. The summed E-state index contributed by atoms with van der Waals surface area (Å²) in [6.07, 6.45) is 7.03. The van der Waals surface area contributed by atoms with E-state index in [1.807, 2.05) is 24.1 Å². The number of likely N-dealkylation sites (tertiary alicyclic amines) is 1. The highest BCUT2D eigenvalue weighted by Gasteiger charge is 2.47. The van der Waals surface area contributed by atoms with Crippen LogP contribution in [0.15, 0.2) is 36.4 Å². The summed E-state index contributed by atoms with van der Waals surface area (Å²) in [7, 11) is 3.69. The zero-order valence-corrected chi connectivity index (χ0v) is 25.0. The second-order valence-electron chi connectivity index (χ2n) is 13.6. The maximum atomic E-state index is 13.7. The summed E-state index contributed by atoms with van der Waals surface area (Å²) >= 11 is 0. The molecule has 0 unspecified atom stereocenters. The van der Waals surface area contributed by atoms with Crippen LogP contribution in [-0.4, -0.2) is 56.6 Å². The Hall–Kier alpha value is -3.85. The first-order chi connectivity index (χ1) is 20.8. The van der Waals surface area contributed by atoms with Crippen LogP contribution in [0.1, 0.15) is 66.8 Å². The van der Waals surface area contributed by atoms with Crippen molar-refractivity contribution >= 4 is 33.8 Å². The zero-order chi connectivity index (χ0) is 29.6. The van der Waals surface area contributed by atoms with Crippen molar-refractivity contribution in [1.82, 2.24) is 19.0 Å². The molecule has 3 aliphatic carbocycles. The van der Waals surface area contributed by atoms with Crippen molar-refractivity contribution in [3.05, 3.63) is 47.5 Å². The lowest BCUT2D eigenvalue weighted by Crippen LogP contribution is -2.41. The molecular weight excluding hydrogens is 540 g/mol. The Kier molecular flexibility index (Phi) is 6.12. The number of nitrogens with zero attached hydrogens (tertiary/aromatic N) is 4. The van der Waals surface area contributed by atoms with Crippen LogP contribution in [0, 0.1) is 17.8 Å². The van der Waals surface area contributed by atoms with E-state index in [1.54, 1.807) is 7.11 Å². The summed E-state index contributed by atoms with van der Waals surface area (Å²) < 4.78 is 10.5. The normalized spacial score (nSPS) is 26.4. The van der Waals surface area contributed by atoms with Gasteiger partial charge in [0, 0.05) is 49.6 Å². The molecule has 1 aliphatic heterocycles. The van der Waals surface area contributed by atoms with Gasteiger partial charge in [-0.15, -0.1) is 0 Å². The van der Waals surface area contributed by atoms with Crippen LogP contribution in [-0.2, 0) is 18.4 Å². The second kappa shape index (κ2) is 9.84. The zero-order valence-electron chi connectivity index (χ0n) is 25.0. The van der Waals surface area contributed by atoms with Gasteiger partial charge in [0.15, 0.2) is 5.82 Å². The topological polar surface area (TPSA) is 121 Å². The van der Waals surface area contributed by atoms with Gasteiger partial charge in [0.1, 0.15) is 11.3 Å². The van der Waals surface area contributed by atoms with Gasteiger partial charge < -0.3 is 30.2 Å². The number of carbonyl (C=O) groups is 2. The van der Waals surface area contributed by atoms with E-state index in [9.17, 15) is 9.59 Å². The average molecular weight is 581 g/mol. The quantitative estimate of drug-likeness (QED) is 0.317. The summed E-state index contributed by atoms with van der Waals surface area (Å²) in [4.78, 5) is 32.4. The molecule has 4 aliphatic rings. The lowest BCUT2D eigenvalue weighted by molar-refractivity contribution is -0.119. The van der Waals surface area contributed by atoms with Gasteiger partial charge in [-0.3, -0.25) is 9.59 Å². The third-order valence-corrected chi connectivity index (χ3v) is 10.8. The van der Waals surface area contributed by atoms with Gasteiger partial charge in [0.05, 0.1) is 23.8 Å².